The van der Waals surface area contributed by atoms with Gasteiger partial charge in [0.1, 0.15) is 19.0 Å². The maximum Gasteiger partial charge on any atom is 0.244 e. The van der Waals surface area contributed by atoms with Gasteiger partial charge >= 0.3 is 0 Å². The molecule has 1 aliphatic carbocycles. The third-order valence-corrected chi connectivity index (χ3v) is 3.39. The summed E-state index contributed by atoms with van der Waals surface area (Å²) in [5.41, 5.74) is 5.94. The van der Waals surface area contributed by atoms with Crippen LogP contribution in [0.1, 0.15) is 25.7 Å². The average Bonchev–Trinajstić information content (AvgIpc) is 2.85. The van der Waals surface area contributed by atoms with Crippen molar-refractivity contribution < 1.29 is 13.9 Å². The van der Waals surface area contributed by atoms with E-state index in [4.69, 9.17) is 10.5 Å². The summed E-state index contributed by atoms with van der Waals surface area (Å²) in [6.45, 7) is -0.527. The van der Waals surface area contributed by atoms with E-state index in [0.29, 0.717) is 11.4 Å². The zero-order valence-corrected chi connectivity index (χ0v) is 12.0. The van der Waals surface area contributed by atoms with Crippen molar-refractivity contribution in [3.8, 4) is 5.75 Å². The quantitative estimate of drug-likeness (QED) is 0.879. The molecule has 1 amide bonds. The van der Waals surface area contributed by atoms with Crippen LogP contribution in [0.3, 0.4) is 0 Å². The lowest BCUT2D eigenvalue weighted by atomic mass is 9.98. The molecule has 4 nitrogen and oxygen atoms in total. The van der Waals surface area contributed by atoms with E-state index in [1.54, 1.807) is 24.3 Å². The molecule has 3 N–H and O–H groups in total. The fourth-order valence-corrected chi connectivity index (χ4v) is 2.31. The van der Waals surface area contributed by atoms with Gasteiger partial charge in [-0.2, -0.15) is 0 Å². The molecule has 1 saturated carbocycles. The normalized spacial score (nSPS) is 16.3. The minimum atomic E-state index is -0.754. The van der Waals surface area contributed by atoms with Crippen molar-refractivity contribution >= 4 is 24.0 Å². The molecule has 0 atom stereocenters. The Labute approximate surface area is 124 Å². The number of halogens is 2. The van der Waals surface area contributed by atoms with Gasteiger partial charge < -0.3 is 15.8 Å². The van der Waals surface area contributed by atoms with Crippen molar-refractivity contribution in [3.05, 3.63) is 24.3 Å². The number of hydrogen-bond acceptors (Lipinski definition) is 3. The number of amides is 1. The van der Waals surface area contributed by atoms with Crippen LogP contribution >= 0.6 is 12.4 Å². The lowest BCUT2D eigenvalue weighted by Crippen LogP contribution is -2.48. The van der Waals surface area contributed by atoms with Crippen LogP contribution < -0.4 is 15.8 Å². The number of alkyl halides is 1. The van der Waals surface area contributed by atoms with Crippen molar-refractivity contribution in [1.29, 1.82) is 0 Å². The molecule has 2 rings (SSSR count). The lowest BCUT2D eigenvalue weighted by molar-refractivity contribution is -0.121. The van der Waals surface area contributed by atoms with E-state index >= 15 is 0 Å². The lowest BCUT2D eigenvalue weighted by Gasteiger charge is -2.22. The van der Waals surface area contributed by atoms with Gasteiger partial charge in [0, 0.05) is 11.8 Å². The third kappa shape index (κ3) is 4.08. The van der Waals surface area contributed by atoms with E-state index in [-0.39, 0.29) is 24.9 Å². The highest BCUT2D eigenvalue weighted by molar-refractivity contribution is 5.98. The Morgan fingerprint density at radius 2 is 2.10 bits per heavy atom. The van der Waals surface area contributed by atoms with Crippen molar-refractivity contribution in [2.45, 2.75) is 31.2 Å². The van der Waals surface area contributed by atoms with Crippen LogP contribution in [0.4, 0.5) is 10.1 Å². The fourth-order valence-electron chi connectivity index (χ4n) is 2.31. The first-order chi connectivity index (χ1) is 9.14. The molecular weight excluding hydrogens is 283 g/mol. The monoisotopic (exact) mass is 302 g/mol. The number of benzene rings is 1. The van der Waals surface area contributed by atoms with Crippen LogP contribution in [0.5, 0.6) is 5.75 Å². The van der Waals surface area contributed by atoms with Crippen molar-refractivity contribution in [3.63, 3.8) is 0 Å². The Kier molecular flexibility index (Phi) is 6.23. The highest BCUT2D eigenvalue weighted by Gasteiger charge is 2.36. The van der Waals surface area contributed by atoms with Gasteiger partial charge in [0.15, 0.2) is 0 Å². The molecule has 0 radical (unpaired) electrons. The summed E-state index contributed by atoms with van der Waals surface area (Å²) in [4.78, 5) is 12.1. The first kappa shape index (κ1) is 16.7. The molecule has 1 aromatic rings. The third-order valence-electron chi connectivity index (χ3n) is 3.39. The van der Waals surface area contributed by atoms with Crippen molar-refractivity contribution in [1.82, 2.24) is 0 Å². The fraction of sp³-hybridized carbons (Fsp3) is 0.500. The molecule has 20 heavy (non-hydrogen) atoms. The minimum Gasteiger partial charge on any atom is -0.491 e. The van der Waals surface area contributed by atoms with Crippen LogP contribution in [-0.2, 0) is 4.79 Å². The summed E-state index contributed by atoms with van der Waals surface area (Å²) in [6.07, 6.45) is 3.42. The zero-order chi connectivity index (χ0) is 13.7. The molecule has 0 aromatic heterocycles. The van der Waals surface area contributed by atoms with Crippen molar-refractivity contribution in [2.75, 3.05) is 18.6 Å². The first-order valence-corrected chi connectivity index (χ1v) is 6.53. The summed E-state index contributed by atoms with van der Waals surface area (Å²) >= 11 is 0. The smallest absolute Gasteiger partial charge is 0.244 e. The van der Waals surface area contributed by atoms with E-state index in [1.165, 1.54) is 0 Å². The second kappa shape index (κ2) is 7.45. The predicted octanol–water partition coefficient (Wildman–Crippen LogP) is 2.67. The van der Waals surface area contributed by atoms with Gasteiger partial charge in [-0.1, -0.05) is 18.9 Å². The van der Waals surface area contributed by atoms with Gasteiger partial charge in [-0.05, 0) is 25.0 Å². The van der Waals surface area contributed by atoms with Gasteiger partial charge in [0.25, 0.3) is 0 Å². The van der Waals surface area contributed by atoms with E-state index in [9.17, 15) is 9.18 Å². The SMILES string of the molecule is Cl.NC1(C(=O)Nc2cccc(OCCF)c2)CCCC1. The molecule has 0 bridgehead atoms. The van der Waals surface area contributed by atoms with Crippen LogP contribution in [0.15, 0.2) is 24.3 Å². The van der Waals surface area contributed by atoms with Gasteiger partial charge in [-0.15, -0.1) is 12.4 Å². The zero-order valence-electron chi connectivity index (χ0n) is 11.2. The molecule has 6 heteroatoms. The number of ether oxygens (including phenoxy) is 1. The van der Waals surface area contributed by atoms with E-state index in [1.807, 2.05) is 0 Å². The number of carbonyl (C=O) groups is 1. The molecule has 112 valence electrons. The standard InChI is InChI=1S/C14H19FN2O2.ClH/c15-8-9-19-12-5-3-4-11(10-12)17-13(18)14(16)6-1-2-7-14;/h3-5,10H,1-2,6-9,16H2,(H,17,18);1H. The molecule has 0 unspecified atom stereocenters. The number of carbonyl (C=O) groups excluding carboxylic acids is 1. The average molecular weight is 303 g/mol. The summed E-state index contributed by atoms with van der Waals surface area (Å²) in [5.74, 6) is 0.376. The molecule has 0 heterocycles. The summed E-state index contributed by atoms with van der Waals surface area (Å²) in [7, 11) is 0. The number of nitrogens with one attached hydrogen (secondary N) is 1. The molecule has 0 aliphatic heterocycles. The summed E-state index contributed by atoms with van der Waals surface area (Å²) in [6, 6.07) is 6.91. The highest BCUT2D eigenvalue weighted by atomic mass is 35.5. The Morgan fingerprint density at radius 1 is 1.40 bits per heavy atom. The Morgan fingerprint density at radius 3 is 2.75 bits per heavy atom. The van der Waals surface area contributed by atoms with Crippen LogP contribution in [0.2, 0.25) is 0 Å². The second-order valence-electron chi connectivity index (χ2n) is 4.88. The van der Waals surface area contributed by atoms with Crippen LogP contribution in [0, 0.1) is 0 Å². The summed E-state index contributed by atoms with van der Waals surface area (Å²) in [5, 5.41) is 2.80. The van der Waals surface area contributed by atoms with Gasteiger partial charge in [0.2, 0.25) is 5.91 Å². The second-order valence-corrected chi connectivity index (χ2v) is 4.88. The number of rotatable bonds is 5. The summed E-state index contributed by atoms with van der Waals surface area (Å²) < 4.78 is 17.2. The number of hydrogen-bond donors (Lipinski definition) is 2. The van der Waals surface area contributed by atoms with Crippen molar-refractivity contribution in [2.24, 2.45) is 5.73 Å². The van der Waals surface area contributed by atoms with Gasteiger partial charge in [-0.3, -0.25) is 4.79 Å². The van der Waals surface area contributed by atoms with E-state index < -0.39 is 12.2 Å². The van der Waals surface area contributed by atoms with Gasteiger partial charge in [0.05, 0.1) is 5.54 Å². The van der Waals surface area contributed by atoms with Crippen LogP contribution in [0.25, 0.3) is 0 Å². The molecule has 1 aromatic carbocycles. The minimum absolute atomic E-state index is 0. The Hall–Kier alpha value is -1.33. The molecule has 1 fully saturated rings. The molecule has 0 spiro atoms. The van der Waals surface area contributed by atoms with Crippen LogP contribution in [-0.4, -0.2) is 24.7 Å². The first-order valence-electron chi connectivity index (χ1n) is 6.53. The topological polar surface area (TPSA) is 64.4 Å². The van der Waals surface area contributed by atoms with E-state index in [0.717, 1.165) is 25.7 Å². The Balaban J connectivity index is 0.00000200. The number of nitrogens with two attached hydrogens (primary N) is 1. The molecule has 1 aliphatic rings. The Bertz CT molecular complexity index is 451. The van der Waals surface area contributed by atoms with E-state index in [2.05, 4.69) is 5.32 Å². The molecule has 0 saturated heterocycles. The maximum absolute atomic E-state index is 12.1. The number of anilines is 1. The maximum atomic E-state index is 12.1. The molecular formula is C14H20ClFN2O2. The van der Waals surface area contributed by atoms with Gasteiger partial charge in [-0.25, -0.2) is 4.39 Å². The largest absolute Gasteiger partial charge is 0.491 e. The highest BCUT2D eigenvalue weighted by Crippen LogP contribution is 2.28. The predicted molar refractivity (Wildman–Crippen MR) is 79.2 cm³/mol.